The Morgan fingerprint density at radius 1 is 0.966 bits per heavy atom. The van der Waals surface area contributed by atoms with Crippen LogP contribution in [0.5, 0.6) is 11.5 Å². The van der Waals surface area contributed by atoms with E-state index in [0.29, 0.717) is 22.3 Å². The van der Waals surface area contributed by atoms with E-state index in [1.54, 1.807) is 30.0 Å². The van der Waals surface area contributed by atoms with Gasteiger partial charge in [-0.2, -0.15) is 0 Å². The standard InChI is InChI=1S/C22H18Cl2N2O2S/c23-19-10-9-16(14-20(19)24)25-22(27)26-11-12-29-21(26)15-5-4-8-18(13-15)28-17-6-2-1-3-7-17/h1-10,13-14,21H,11-12H2,(H,25,27). The van der Waals surface area contributed by atoms with Crippen molar-refractivity contribution >= 4 is 46.7 Å². The smallest absolute Gasteiger partial charge is 0.323 e. The minimum Gasteiger partial charge on any atom is -0.457 e. The van der Waals surface area contributed by atoms with Gasteiger partial charge in [0.1, 0.15) is 16.9 Å². The number of carbonyl (C=O) groups is 1. The van der Waals surface area contributed by atoms with Gasteiger partial charge in [0.25, 0.3) is 0 Å². The van der Waals surface area contributed by atoms with Gasteiger partial charge in [0, 0.05) is 18.0 Å². The maximum Gasteiger partial charge on any atom is 0.323 e. The van der Waals surface area contributed by atoms with Crippen LogP contribution in [0.2, 0.25) is 10.0 Å². The van der Waals surface area contributed by atoms with Crippen molar-refractivity contribution in [2.75, 3.05) is 17.6 Å². The Labute approximate surface area is 183 Å². The second kappa shape index (κ2) is 8.99. The molecule has 4 nitrogen and oxygen atoms in total. The molecule has 0 aliphatic carbocycles. The van der Waals surface area contributed by atoms with E-state index in [2.05, 4.69) is 5.32 Å². The highest BCUT2D eigenvalue weighted by Crippen LogP contribution is 2.39. The van der Waals surface area contributed by atoms with Crippen LogP contribution in [0.15, 0.2) is 72.8 Å². The van der Waals surface area contributed by atoms with E-state index in [4.69, 9.17) is 27.9 Å². The van der Waals surface area contributed by atoms with Gasteiger partial charge < -0.3 is 15.0 Å². The fraction of sp³-hybridized carbons (Fsp3) is 0.136. The number of carbonyl (C=O) groups excluding carboxylic acids is 1. The van der Waals surface area contributed by atoms with Crippen LogP contribution >= 0.6 is 35.0 Å². The normalized spacial score (nSPS) is 15.9. The molecule has 0 radical (unpaired) electrons. The molecule has 1 aliphatic rings. The van der Waals surface area contributed by atoms with Crippen LogP contribution < -0.4 is 10.1 Å². The van der Waals surface area contributed by atoms with Crippen molar-refractivity contribution in [3.8, 4) is 11.5 Å². The van der Waals surface area contributed by atoms with E-state index in [1.807, 2.05) is 59.5 Å². The van der Waals surface area contributed by atoms with E-state index in [0.717, 1.165) is 22.8 Å². The molecule has 148 valence electrons. The molecule has 2 amide bonds. The van der Waals surface area contributed by atoms with Gasteiger partial charge in [0.15, 0.2) is 0 Å². The number of thioether (sulfide) groups is 1. The summed E-state index contributed by atoms with van der Waals surface area (Å²) in [7, 11) is 0. The number of hydrogen-bond acceptors (Lipinski definition) is 3. The minimum absolute atomic E-state index is 0.0860. The van der Waals surface area contributed by atoms with Crippen LogP contribution in [0.3, 0.4) is 0 Å². The quantitative estimate of drug-likeness (QED) is 0.467. The van der Waals surface area contributed by atoms with Crippen LogP contribution in [-0.2, 0) is 0 Å². The first kappa shape index (κ1) is 20.0. The number of benzene rings is 3. The van der Waals surface area contributed by atoms with Gasteiger partial charge in [-0.25, -0.2) is 4.79 Å². The Balaban J connectivity index is 1.49. The van der Waals surface area contributed by atoms with Crippen LogP contribution in [0, 0.1) is 0 Å². The van der Waals surface area contributed by atoms with Crippen molar-refractivity contribution in [1.82, 2.24) is 4.90 Å². The monoisotopic (exact) mass is 444 g/mol. The third-order valence-electron chi connectivity index (χ3n) is 4.44. The summed E-state index contributed by atoms with van der Waals surface area (Å²) < 4.78 is 5.94. The van der Waals surface area contributed by atoms with E-state index in [9.17, 15) is 4.79 Å². The SMILES string of the molecule is O=C(Nc1ccc(Cl)c(Cl)c1)N1CCSC1c1cccc(Oc2ccccc2)c1. The van der Waals surface area contributed by atoms with Crippen molar-refractivity contribution in [2.45, 2.75) is 5.37 Å². The zero-order valence-corrected chi connectivity index (χ0v) is 17.7. The third-order valence-corrected chi connectivity index (χ3v) is 6.44. The number of halogens is 2. The number of amides is 2. The molecule has 0 aromatic heterocycles. The van der Waals surface area contributed by atoms with Gasteiger partial charge in [-0.1, -0.05) is 53.5 Å². The second-order valence-corrected chi connectivity index (χ2v) is 8.47. The van der Waals surface area contributed by atoms with Crippen LogP contribution in [0.25, 0.3) is 0 Å². The lowest BCUT2D eigenvalue weighted by Gasteiger charge is -2.25. The molecular weight excluding hydrogens is 427 g/mol. The Bertz CT molecular complexity index is 1020. The molecule has 1 heterocycles. The van der Waals surface area contributed by atoms with Gasteiger partial charge in [-0.15, -0.1) is 11.8 Å². The molecule has 1 atom stereocenters. The van der Waals surface area contributed by atoms with Gasteiger partial charge in [-0.3, -0.25) is 0 Å². The lowest BCUT2D eigenvalue weighted by molar-refractivity contribution is 0.214. The molecule has 1 N–H and O–H groups in total. The predicted octanol–water partition coefficient (Wildman–Crippen LogP) is 7.07. The summed E-state index contributed by atoms with van der Waals surface area (Å²) >= 11 is 13.7. The van der Waals surface area contributed by atoms with Crippen molar-refractivity contribution in [2.24, 2.45) is 0 Å². The topological polar surface area (TPSA) is 41.6 Å². The highest BCUT2D eigenvalue weighted by Gasteiger charge is 2.31. The molecule has 0 spiro atoms. The fourth-order valence-electron chi connectivity index (χ4n) is 3.08. The van der Waals surface area contributed by atoms with Gasteiger partial charge in [0.05, 0.1) is 10.0 Å². The molecule has 3 aromatic carbocycles. The van der Waals surface area contributed by atoms with Crippen molar-refractivity contribution in [1.29, 1.82) is 0 Å². The largest absolute Gasteiger partial charge is 0.457 e. The summed E-state index contributed by atoms with van der Waals surface area (Å²) in [6.07, 6.45) is 0. The summed E-state index contributed by atoms with van der Waals surface area (Å²) in [6.45, 7) is 0.659. The van der Waals surface area contributed by atoms with E-state index < -0.39 is 0 Å². The molecule has 1 saturated heterocycles. The molecule has 1 unspecified atom stereocenters. The second-order valence-electron chi connectivity index (χ2n) is 6.46. The van der Waals surface area contributed by atoms with Gasteiger partial charge >= 0.3 is 6.03 Å². The first-order chi connectivity index (χ1) is 14.1. The number of nitrogens with zero attached hydrogens (tertiary/aromatic N) is 1. The van der Waals surface area contributed by atoms with E-state index >= 15 is 0 Å². The minimum atomic E-state index is -0.173. The van der Waals surface area contributed by atoms with Gasteiger partial charge in [-0.05, 0) is 48.0 Å². The Kier molecular flexibility index (Phi) is 6.19. The molecule has 4 rings (SSSR count). The summed E-state index contributed by atoms with van der Waals surface area (Å²) in [5.74, 6) is 2.38. The zero-order valence-electron chi connectivity index (χ0n) is 15.3. The van der Waals surface area contributed by atoms with Crippen molar-refractivity contribution in [3.05, 3.63) is 88.4 Å². The summed E-state index contributed by atoms with van der Waals surface area (Å²) in [5, 5.41) is 3.68. The number of anilines is 1. The maximum absolute atomic E-state index is 12.9. The number of rotatable bonds is 4. The fourth-order valence-corrected chi connectivity index (χ4v) is 4.62. The molecule has 29 heavy (non-hydrogen) atoms. The zero-order chi connectivity index (χ0) is 20.2. The van der Waals surface area contributed by atoms with Crippen molar-refractivity contribution < 1.29 is 9.53 Å². The number of para-hydroxylation sites is 1. The lowest BCUT2D eigenvalue weighted by atomic mass is 10.2. The molecule has 1 aliphatic heterocycles. The van der Waals surface area contributed by atoms with Crippen LogP contribution in [-0.4, -0.2) is 23.2 Å². The summed E-state index contributed by atoms with van der Waals surface area (Å²) in [5.41, 5.74) is 1.63. The molecule has 7 heteroatoms. The highest BCUT2D eigenvalue weighted by molar-refractivity contribution is 7.99. The van der Waals surface area contributed by atoms with E-state index in [1.165, 1.54) is 0 Å². The Hall–Kier alpha value is -2.34. The van der Waals surface area contributed by atoms with Crippen LogP contribution in [0.1, 0.15) is 10.9 Å². The summed E-state index contributed by atoms with van der Waals surface area (Å²) in [6, 6.07) is 22.4. The molecule has 0 bridgehead atoms. The highest BCUT2D eigenvalue weighted by atomic mass is 35.5. The number of nitrogens with one attached hydrogen (secondary N) is 1. The lowest BCUT2D eigenvalue weighted by Crippen LogP contribution is -2.34. The predicted molar refractivity (Wildman–Crippen MR) is 120 cm³/mol. The average molecular weight is 445 g/mol. The first-order valence-corrected chi connectivity index (χ1v) is 10.9. The third kappa shape index (κ3) is 4.81. The van der Waals surface area contributed by atoms with Crippen LogP contribution in [0.4, 0.5) is 10.5 Å². The van der Waals surface area contributed by atoms with Crippen molar-refractivity contribution in [3.63, 3.8) is 0 Å². The average Bonchev–Trinajstić information content (AvgIpc) is 3.22. The molecule has 3 aromatic rings. The molecule has 0 saturated carbocycles. The Morgan fingerprint density at radius 2 is 1.76 bits per heavy atom. The van der Waals surface area contributed by atoms with E-state index in [-0.39, 0.29) is 11.4 Å². The van der Waals surface area contributed by atoms with Gasteiger partial charge in [0.2, 0.25) is 0 Å². The summed E-state index contributed by atoms with van der Waals surface area (Å²) in [4.78, 5) is 14.7. The number of hydrogen-bond donors (Lipinski definition) is 1. The first-order valence-electron chi connectivity index (χ1n) is 9.07. The number of ether oxygens (including phenoxy) is 1. The molecular formula is C22H18Cl2N2O2S. The molecule has 1 fully saturated rings. The Morgan fingerprint density at radius 3 is 2.55 bits per heavy atom. The number of urea groups is 1. The maximum atomic E-state index is 12.9.